The zero-order valence-corrected chi connectivity index (χ0v) is 14.4. The Morgan fingerprint density at radius 1 is 1.17 bits per heavy atom. The van der Waals surface area contributed by atoms with Crippen LogP contribution in [-0.2, 0) is 11.3 Å². The lowest BCUT2D eigenvalue weighted by Gasteiger charge is -2.19. The molecule has 0 saturated heterocycles. The van der Waals surface area contributed by atoms with Crippen molar-refractivity contribution in [2.24, 2.45) is 0 Å². The lowest BCUT2D eigenvalue weighted by Crippen LogP contribution is -2.38. The van der Waals surface area contributed by atoms with E-state index < -0.39 is 6.04 Å². The highest BCUT2D eigenvalue weighted by molar-refractivity contribution is 6.35. The van der Waals surface area contributed by atoms with Gasteiger partial charge in [-0.1, -0.05) is 41.4 Å². The van der Waals surface area contributed by atoms with Crippen LogP contribution in [0, 0.1) is 5.82 Å². The second kappa shape index (κ2) is 7.51. The summed E-state index contributed by atoms with van der Waals surface area (Å²) in [7, 11) is 0. The molecule has 0 bridgehead atoms. The van der Waals surface area contributed by atoms with Gasteiger partial charge in [0.25, 0.3) is 0 Å². The Kier molecular flexibility index (Phi) is 5.39. The molecule has 2 N–H and O–H groups in total. The summed E-state index contributed by atoms with van der Waals surface area (Å²) in [5, 5.41) is 7.28. The Hall–Kier alpha value is -1.62. The van der Waals surface area contributed by atoms with E-state index in [2.05, 4.69) is 10.6 Å². The number of rotatable bonds is 6. The molecule has 1 atom stereocenters. The van der Waals surface area contributed by atoms with Gasteiger partial charge in [-0.25, -0.2) is 4.39 Å². The van der Waals surface area contributed by atoms with Crippen LogP contribution in [0.5, 0.6) is 0 Å². The fourth-order valence-electron chi connectivity index (χ4n) is 2.41. The van der Waals surface area contributed by atoms with E-state index in [9.17, 15) is 9.18 Å². The first-order valence-corrected chi connectivity index (χ1v) is 8.51. The van der Waals surface area contributed by atoms with Crippen LogP contribution in [0.25, 0.3) is 0 Å². The first-order chi connectivity index (χ1) is 11.5. The number of amides is 1. The zero-order valence-electron chi connectivity index (χ0n) is 12.9. The minimum atomic E-state index is -0.571. The van der Waals surface area contributed by atoms with E-state index in [1.165, 1.54) is 12.1 Å². The molecule has 1 aliphatic rings. The molecule has 0 heterocycles. The van der Waals surface area contributed by atoms with Crippen molar-refractivity contribution in [1.82, 2.24) is 10.6 Å². The summed E-state index contributed by atoms with van der Waals surface area (Å²) >= 11 is 12.1. The number of hydrogen-bond acceptors (Lipinski definition) is 2. The lowest BCUT2D eigenvalue weighted by molar-refractivity contribution is -0.123. The fraction of sp³-hybridized carbons (Fsp3) is 0.278. The molecule has 0 aromatic heterocycles. The molecule has 0 radical (unpaired) electrons. The topological polar surface area (TPSA) is 41.1 Å². The summed E-state index contributed by atoms with van der Waals surface area (Å²) in [4.78, 5) is 12.5. The largest absolute Gasteiger partial charge is 0.352 e. The van der Waals surface area contributed by atoms with Crippen LogP contribution < -0.4 is 10.6 Å². The van der Waals surface area contributed by atoms with Gasteiger partial charge in [-0.3, -0.25) is 10.1 Å². The quantitative estimate of drug-likeness (QED) is 0.802. The maximum absolute atomic E-state index is 13.2. The summed E-state index contributed by atoms with van der Waals surface area (Å²) in [6, 6.07) is 10.8. The van der Waals surface area contributed by atoms with Crippen LogP contribution >= 0.6 is 23.2 Å². The molecule has 3 nitrogen and oxygen atoms in total. The Bertz CT molecular complexity index is 732. The van der Waals surface area contributed by atoms with E-state index in [0.717, 1.165) is 18.4 Å². The third-order valence-electron chi connectivity index (χ3n) is 3.90. The fourth-order valence-corrected chi connectivity index (χ4v) is 2.88. The minimum Gasteiger partial charge on any atom is -0.352 e. The Balaban J connectivity index is 1.75. The third kappa shape index (κ3) is 4.47. The van der Waals surface area contributed by atoms with Crippen molar-refractivity contribution in [3.63, 3.8) is 0 Å². The van der Waals surface area contributed by atoms with Gasteiger partial charge in [-0.15, -0.1) is 0 Å². The van der Waals surface area contributed by atoms with E-state index >= 15 is 0 Å². The van der Waals surface area contributed by atoms with Crippen LogP contribution in [0.1, 0.15) is 30.0 Å². The predicted molar refractivity (Wildman–Crippen MR) is 93.6 cm³/mol. The molecule has 1 unspecified atom stereocenters. The van der Waals surface area contributed by atoms with Crippen molar-refractivity contribution >= 4 is 29.1 Å². The molecule has 1 fully saturated rings. The molecule has 0 aliphatic heterocycles. The molecule has 1 aliphatic carbocycles. The van der Waals surface area contributed by atoms with Gasteiger partial charge in [0.2, 0.25) is 5.91 Å². The van der Waals surface area contributed by atoms with E-state index in [0.29, 0.717) is 22.2 Å². The van der Waals surface area contributed by atoms with Crippen LogP contribution in [0.3, 0.4) is 0 Å². The monoisotopic (exact) mass is 366 g/mol. The Labute approximate surface area is 150 Å². The van der Waals surface area contributed by atoms with Crippen molar-refractivity contribution < 1.29 is 9.18 Å². The first kappa shape index (κ1) is 17.2. The molecule has 1 amide bonds. The first-order valence-electron chi connectivity index (χ1n) is 7.76. The number of halogens is 3. The standard InChI is InChI=1S/C18H17Cl2FN2O/c19-13-4-1-12(16(20)9-13)10-22-17(18(24)23-15-7-8-15)11-2-5-14(21)6-3-11/h1-6,9,15,17,22H,7-8,10H2,(H,23,24). The smallest absolute Gasteiger partial charge is 0.241 e. The number of carbonyl (C=O) groups is 1. The number of benzene rings is 2. The van der Waals surface area contributed by atoms with Gasteiger partial charge in [0, 0.05) is 22.6 Å². The van der Waals surface area contributed by atoms with Crippen LogP contribution in [0.15, 0.2) is 42.5 Å². The summed E-state index contributed by atoms with van der Waals surface area (Å²) < 4.78 is 13.2. The highest BCUT2D eigenvalue weighted by atomic mass is 35.5. The third-order valence-corrected chi connectivity index (χ3v) is 4.49. The minimum absolute atomic E-state index is 0.116. The summed E-state index contributed by atoms with van der Waals surface area (Å²) in [5.41, 5.74) is 1.55. The highest BCUT2D eigenvalue weighted by Crippen LogP contribution is 2.24. The number of carbonyl (C=O) groups excluding carboxylic acids is 1. The normalized spacial score (nSPS) is 15.1. The van der Waals surface area contributed by atoms with Gasteiger partial charge in [-0.05, 0) is 48.2 Å². The maximum Gasteiger partial charge on any atom is 0.241 e. The number of hydrogen-bond donors (Lipinski definition) is 2. The second-order valence-electron chi connectivity index (χ2n) is 5.88. The molecular weight excluding hydrogens is 350 g/mol. The Morgan fingerprint density at radius 2 is 1.88 bits per heavy atom. The van der Waals surface area contributed by atoms with E-state index in [1.807, 2.05) is 6.07 Å². The predicted octanol–water partition coefficient (Wildman–Crippen LogP) is 4.24. The van der Waals surface area contributed by atoms with Crippen molar-refractivity contribution in [2.75, 3.05) is 0 Å². The van der Waals surface area contributed by atoms with Crippen LogP contribution in [-0.4, -0.2) is 11.9 Å². The van der Waals surface area contributed by atoms with Gasteiger partial charge >= 0.3 is 0 Å². The van der Waals surface area contributed by atoms with E-state index in [4.69, 9.17) is 23.2 Å². The molecule has 126 valence electrons. The van der Waals surface area contributed by atoms with Crippen molar-refractivity contribution in [1.29, 1.82) is 0 Å². The van der Waals surface area contributed by atoms with Gasteiger partial charge in [0.05, 0.1) is 0 Å². The lowest BCUT2D eigenvalue weighted by atomic mass is 10.1. The zero-order chi connectivity index (χ0) is 17.1. The second-order valence-corrected chi connectivity index (χ2v) is 6.73. The summed E-state index contributed by atoms with van der Waals surface area (Å²) in [6.45, 7) is 0.399. The van der Waals surface area contributed by atoms with Gasteiger partial charge < -0.3 is 5.32 Å². The van der Waals surface area contributed by atoms with E-state index in [1.54, 1.807) is 24.3 Å². The summed E-state index contributed by atoms with van der Waals surface area (Å²) in [6.07, 6.45) is 2.01. The van der Waals surface area contributed by atoms with Crippen molar-refractivity contribution in [3.05, 3.63) is 69.5 Å². The average Bonchev–Trinajstić information content (AvgIpc) is 3.35. The van der Waals surface area contributed by atoms with Gasteiger partial charge in [0.1, 0.15) is 11.9 Å². The van der Waals surface area contributed by atoms with Crippen molar-refractivity contribution in [2.45, 2.75) is 31.5 Å². The Morgan fingerprint density at radius 3 is 2.50 bits per heavy atom. The summed E-state index contributed by atoms with van der Waals surface area (Å²) in [5.74, 6) is -0.449. The maximum atomic E-state index is 13.2. The molecule has 24 heavy (non-hydrogen) atoms. The van der Waals surface area contributed by atoms with Gasteiger partial charge in [-0.2, -0.15) is 0 Å². The molecule has 3 rings (SSSR count). The molecular formula is C18H17Cl2FN2O. The number of nitrogens with one attached hydrogen (secondary N) is 2. The average molecular weight is 367 g/mol. The van der Waals surface area contributed by atoms with E-state index in [-0.39, 0.29) is 17.8 Å². The van der Waals surface area contributed by atoms with Crippen LogP contribution in [0.4, 0.5) is 4.39 Å². The highest BCUT2D eigenvalue weighted by Gasteiger charge is 2.28. The SMILES string of the molecule is O=C(NC1CC1)C(NCc1ccc(Cl)cc1Cl)c1ccc(F)cc1. The molecule has 2 aromatic rings. The van der Waals surface area contributed by atoms with Crippen molar-refractivity contribution in [3.8, 4) is 0 Å². The molecule has 0 spiro atoms. The molecule has 1 saturated carbocycles. The van der Waals surface area contributed by atoms with Gasteiger partial charge in [0.15, 0.2) is 0 Å². The molecule has 2 aromatic carbocycles. The molecule has 6 heteroatoms. The van der Waals surface area contributed by atoms with Crippen LogP contribution in [0.2, 0.25) is 10.0 Å².